The third kappa shape index (κ3) is 6.15. The number of amides is 1. The number of nitrogens with one attached hydrogen (secondary N) is 1. The Morgan fingerprint density at radius 3 is 2.53 bits per heavy atom. The first-order valence-corrected chi connectivity index (χ1v) is 12.8. The first-order chi connectivity index (χ1) is 17.7. The number of carbonyl (C=O) groups is 1. The minimum absolute atomic E-state index is 0.0786. The zero-order chi connectivity index (χ0) is 24.7. The van der Waals surface area contributed by atoms with Gasteiger partial charge in [-0.15, -0.1) is 0 Å². The number of methoxy groups -OCH3 is 1. The summed E-state index contributed by atoms with van der Waals surface area (Å²) >= 11 is 0. The lowest BCUT2D eigenvalue weighted by Gasteiger charge is -2.28. The van der Waals surface area contributed by atoms with E-state index in [0.717, 1.165) is 49.9 Å². The number of nitrogens with zero attached hydrogens (tertiary/aromatic N) is 4. The zero-order valence-corrected chi connectivity index (χ0v) is 21.0. The van der Waals surface area contributed by atoms with Gasteiger partial charge in [-0.3, -0.25) is 14.7 Å². The second-order valence-electron chi connectivity index (χ2n) is 9.64. The van der Waals surface area contributed by atoms with Crippen LogP contribution in [-0.4, -0.2) is 55.6 Å². The summed E-state index contributed by atoms with van der Waals surface area (Å²) in [5.41, 5.74) is 5.88. The molecule has 0 bridgehead atoms. The molecule has 2 saturated heterocycles. The summed E-state index contributed by atoms with van der Waals surface area (Å²) in [7, 11) is 1.71. The molecule has 2 aromatic carbocycles. The number of hydrogen-bond acceptors (Lipinski definition) is 6. The van der Waals surface area contributed by atoms with Crippen LogP contribution in [0.1, 0.15) is 29.7 Å². The molecule has 36 heavy (non-hydrogen) atoms. The van der Waals surface area contributed by atoms with E-state index < -0.39 is 0 Å². The van der Waals surface area contributed by atoms with Crippen LogP contribution in [0, 0.1) is 0 Å². The third-order valence-corrected chi connectivity index (χ3v) is 6.93. The molecule has 0 radical (unpaired) electrons. The van der Waals surface area contributed by atoms with E-state index in [0.29, 0.717) is 19.6 Å². The monoisotopic (exact) mass is 485 g/mol. The quantitative estimate of drug-likeness (QED) is 0.497. The van der Waals surface area contributed by atoms with Crippen LogP contribution < -0.4 is 19.9 Å². The first kappa shape index (κ1) is 24.1. The van der Waals surface area contributed by atoms with Crippen molar-refractivity contribution in [2.75, 3.05) is 49.6 Å². The van der Waals surface area contributed by atoms with Gasteiger partial charge in [0.25, 0.3) is 0 Å². The fraction of sp³-hybridized carbons (Fsp3) is 0.379. The van der Waals surface area contributed by atoms with Gasteiger partial charge in [0.1, 0.15) is 5.75 Å². The lowest BCUT2D eigenvalue weighted by atomic mass is 10.1. The number of ether oxygens (including phenoxy) is 1. The number of hydrogen-bond donors (Lipinski definition) is 1. The largest absolute Gasteiger partial charge is 0.497 e. The van der Waals surface area contributed by atoms with Crippen molar-refractivity contribution in [1.82, 2.24) is 15.2 Å². The van der Waals surface area contributed by atoms with Crippen molar-refractivity contribution in [3.63, 3.8) is 0 Å². The Balaban J connectivity index is 1.40. The van der Waals surface area contributed by atoms with Gasteiger partial charge < -0.3 is 19.9 Å². The van der Waals surface area contributed by atoms with Crippen molar-refractivity contribution < 1.29 is 9.53 Å². The average Bonchev–Trinajstić information content (AvgIpc) is 3.44. The summed E-state index contributed by atoms with van der Waals surface area (Å²) in [5, 5.41) is 2.89. The smallest absolute Gasteiger partial charge is 0.234 e. The fourth-order valence-electron chi connectivity index (χ4n) is 5.08. The number of piperazine rings is 1. The number of pyridine rings is 1. The van der Waals surface area contributed by atoms with Gasteiger partial charge in [-0.25, -0.2) is 0 Å². The molecular formula is C29H35N5O2. The second kappa shape index (κ2) is 11.4. The molecule has 5 rings (SSSR count). The van der Waals surface area contributed by atoms with E-state index in [4.69, 9.17) is 4.74 Å². The Morgan fingerprint density at radius 1 is 0.972 bits per heavy atom. The fourth-order valence-corrected chi connectivity index (χ4v) is 5.08. The Labute approximate surface area is 213 Å². The molecule has 188 valence electrons. The van der Waals surface area contributed by atoms with Crippen molar-refractivity contribution in [2.24, 2.45) is 0 Å². The average molecular weight is 486 g/mol. The number of anilines is 2. The number of aromatic nitrogens is 1. The molecule has 0 unspecified atom stereocenters. The molecule has 1 amide bonds. The molecule has 2 aliphatic rings. The van der Waals surface area contributed by atoms with Crippen LogP contribution in [0.25, 0.3) is 0 Å². The van der Waals surface area contributed by atoms with Crippen LogP contribution in [0.3, 0.4) is 0 Å². The molecule has 7 heteroatoms. The highest BCUT2D eigenvalue weighted by molar-refractivity contribution is 5.78. The summed E-state index contributed by atoms with van der Waals surface area (Å²) in [6, 6.07) is 21.4. The molecule has 0 aliphatic carbocycles. The molecular weight excluding hydrogens is 450 g/mol. The summed E-state index contributed by atoms with van der Waals surface area (Å²) in [6.07, 6.45) is 4.42. The van der Waals surface area contributed by atoms with E-state index in [-0.39, 0.29) is 5.91 Å². The minimum Gasteiger partial charge on any atom is -0.497 e. The molecule has 0 atom stereocenters. The maximum absolute atomic E-state index is 11.8. The molecule has 0 saturated carbocycles. The summed E-state index contributed by atoms with van der Waals surface area (Å²) in [4.78, 5) is 23.5. The molecule has 1 N–H and O–H groups in total. The van der Waals surface area contributed by atoms with Crippen LogP contribution >= 0.6 is 0 Å². The predicted octanol–water partition coefficient (Wildman–Crippen LogP) is 3.83. The van der Waals surface area contributed by atoms with Gasteiger partial charge in [-0.05, 0) is 60.4 Å². The van der Waals surface area contributed by atoms with E-state index >= 15 is 0 Å². The highest BCUT2D eigenvalue weighted by Crippen LogP contribution is 2.26. The maximum atomic E-state index is 11.8. The van der Waals surface area contributed by atoms with E-state index in [9.17, 15) is 4.79 Å². The van der Waals surface area contributed by atoms with Crippen molar-refractivity contribution in [3.05, 3.63) is 83.7 Å². The zero-order valence-electron chi connectivity index (χ0n) is 21.0. The summed E-state index contributed by atoms with van der Waals surface area (Å²) in [5.74, 6) is 0.942. The lowest BCUT2D eigenvalue weighted by molar-refractivity contribution is -0.124. The van der Waals surface area contributed by atoms with Crippen molar-refractivity contribution in [1.29, 1.82) is 0 Å². The SMILES string of the molecule is COc1cccc(CN(Cc2cccc(N3CCCC3)c2)c2ccnc(CN3CCNC(=O)C3)c2)c1. The lowest BCUT2D eigenvalue weighted by Crippen LogP contribution is -2.47. The van der Waals surface area contributed by atoms with E-state index in [2.05, 4.69) is 73.5 Å². The topological polar surface area (TPSA) is 60.9 Å². The standard InChI is InChI=1S/C29H35N5O2/c1-36-28-9-5-7-24(17-28)20-34(19-23-6-4-8-26(16-23)33-13-2-3-14-33)27-10-11-30-25(18-27)21-32-15-12-31-29(35)22-32/h4-11,16-18H,2-3,12-15,19-22H2,1H3,(H,31,35). The van der Waals surface area contributed by atoms with Gasteiger partial charge in [0, 0.05) is 63.4 Å². The van der Waals surface area contributed by atoms with Crippen LogP contribution in [0.4, 0.5) is 11.4 Å². The second-order valence-corrected chi connectivity index (χ2v) is 9.64. The van der Waals surface area contributed by atoms with Crippen molar-refractivity contribution in [3.8, 4) is 5.75 Å². The number of rotatable bonds is 9. The molecule has 3 aromatic rings. The predicted molar refractivity (Wildman–Crippen MR) is 143 cm³/mol. The molecule has 3 heterocycles. The maximum Gasteiger partial charge on any atom is 0.234 e. The minimum atomic E-state index is 0.0786. The summed E-state index contributed by atoms with van der Waals surface area (Å²) < 4.78 is 5.47. The third-order valence-electron chi connectivity index (χ3n) is 6.93. The van der Waals surface area contributed by atoms with Gasteiger partial charge in [-0.1, -0.05) is 24.3 Å². The number of carbonyl (C=O) groups excluding carboxylic acids is 1. The van der Waals surface area contributed by atoms with Crippen LogP contribution in [0.5, 0.6) is 5.75 Å². The van der Waals surface area contributed by atoms with Gasteiger partial charge in [0.15, 0.2) is 0 Å². The van der Waals surface area contributed by atoms with Gasteiger partial charge in [0.05, 0.1) is 19.3 Å². The molecule has 2 aliphatic heterocycles. The number of benzene rings is 2. The van der Waals surface area contributed by atoms with Crippen molar-refractivity contribution >= 4 is 17.3 Å². The van der Waals surface area contributed by atoms with Crippen LogP contribution in [0.15, 0.2) is 66.9 Å². The molecule has 7 nitrogen and oxygen atoms in total. The van der Waals surface area contributed by atoms with Gasteiger partial charge >= 0.3 is 0 Å². The van der Waals surface area contributed by atoms with Gasteiger partial charge in [0.2, 0.25) is 5.91 Å². The highest BCUT2D eigenvalue weighted by Gasteiger charge is 2.18. The first-order valence-electron chi connectivity index (χ1n) is 12.8. The molecule has 1 aromatic heterocycles. The van der Waals surface area contributed by atoms with Crippen LogP contribution in [-0.2, 0) is 24.4 Å². The Morgan fingerprint density at radius 2 is 1.75 bits per heavy atom. The van der Waals surface area contributed by atoms with E-state index in [1.54, 1.807) is 7.11 Å². The van der Waals surface area contributed by atoms with E-state index in [1.165, 1.54) is 29.7 Å². The van der Waals surface area contributed by atoms with Crippen LogP contribution in [0.2, 0.25) is 0 Å². The van der Waals surface area contributed by atoms with Crippen molar-refractivity contribution in [2.45, 2.75) is 32.5 Å². The summed E-state index contributed by atoms with van der Waals surface area (Å²) in [6.45, 7) is 6.43. The Hall–Kier alpha value is -3.58. The Bertz CT molecular complexity index is 1180. The molecule has 2 fully saturated rings. The highest BCUT2D eigenvalue weighted by atomic mass is 16.5. The van der Waals surface area contributed by atoms with E-state index in [1.807, 2.05) is 18.3 Å². The van der Waals surface area contributed by atoms with Gasteiger partial charge in [-0.2, -0.15) is 0 Å². The molecule has 0 spiro atoms. The normalized spacial score (nSPS) is 16.1. The Kier molecular flexibility index (Phi) is 7.67.